The first-order chi connectivity index (χ1) is 8.27. The largest absolute Gasteiger partial charge is 0.409 e. The van der Waals surface area contributed by atoms with Crippen LogP contribution in [0.3, 0.4) is 0 Å². The van der Waals surface area contributed by atoms with E-state index in [1.807, 2.05) is 0 Å². The molecule has 0 spiro atoms. The molecular weight excluding hydrogens is 226 g/mol. The molecule has 0 aromatic carbocycles. The second-order valence-corrected chi connectivity index (χ2v) is 3.28. The van der Waals surface area contributed by atoms with Gasteiger partial charge in [0.15, 0.2) is 0 Å². The van der Waals surface area contributed by atoms with Gasteiger partial charge in [0, 0.05) is 20.3 Å². The van der Waals surface area contributed by atoms with Crippen molar-refractivity contribution in [3.05, 3.63) is 12.2 Å². The molecule has 1 aromatic rings. The number of hydrogen-bond donors (Lipinski definition) is 2. The van der Waals surface area contributed by atoms with Crippen molar-refractivity contribution in [2.24, 2.45) is 10.9 Å². The van der Waals surface area contributed by atoms with Crippen molar-refractivity contribution in [1.82, 2.24) is 14.8 Å². The minimum absolute atomic E-state index is 0.0971. The normalized spacial score (nSPS) is 11.9. The smallest absolute Gasteiger partial charge is 0.219 e. The first-order valence-electron chi connectivity index (χ1n) is 5.22. The molecule has 0 aliphatic rings. The van der Waals surface area contributed by atoms with E-state index in [0.717, 1.165) is 6.42 Å². The van der Waals surface area contributed by atoms with Crippen LogP contribution in [0.2, 0.25) is 0 Å². The monoisotopic (exact) mass is 243 g/mol. The first-order valence-corrected chi connectivity index (χ1v) is 5.22. The van der Waals surface area contributed by atoms with E-state index in [1.54, 1.807) is 11.8 Å². The lowest BCUT2D eigenvalue weighted by Crippen LogP contribution is -2.15. The molecule has 8 nitrogen and oxygen atoms in total. The Hall–Kier alpha value is -1.67. The van der Waals surface area contributed by atoms with Gasteiger partial charge in [0.05, 0.1) is 13.2 Å². The van der Waals surface area contributed by atoms with Crippen molar-refractivity contribution in [3.8, 4) is 0 Å². The van der Waals surface area contributed by atoms with Crippen molar-refractivity contribution in [2.75, 3.05) is 26.9 Å². The lowest BCUT2D eigenvalue weighted by molar-refractivity contribution is 0.0677. The van der Waals surface area contributed by atoms with Gasteiger partial charge in [-0.25, -0.2) is 4.98 Å². The molecule has 1 aromatic heterocycles. The average molecular weight is 243 g/mol. The van der Waals surface area contributed by atoms with E-state index in [0.29, 0.717) is 26.4 Å². The predicted octanol–water partition coefficient (Wildman–Crippen LogP) is -0.574. The van der Waals surface area contributed by atoms with Crippen LogP contribution in [0.15, 0.2) is 11.5 Å². The maximum Gasteiger partial charge on any atom is 0.219 e. The van der Waals surface area contributed by atoms with E-state index in [-0.39, 0.29) is 11.7 Å². The average Bonchev–Trinajstić information content (AvgIpc) is 2.81. The number of aromatic nitrogens is 3. The van der Waals surface area contributed by atoms with E-state index in [2.05, 4.69) is 15.2 Å². The molecule has 3 N–H and O–H groups in total. The lowest BCUT2D eigenvalue weighted by Gasteiger charge is -2.03. The van der Waals surface area contributed by atoms with Gasteiger partial charge >= 0.3 is 0 Å². The van der Waals surface area contributed by atoms with Gasteiger partial charge in [0.25, 0.3) is 0 Å². The zero-order valence-corrected chi connectivity index (χ0v) is 9.74. The summed E-state index contributed by atoms with van der Waals surface area (Å²) in [6, 6.07) is 0. The number of nitrogens with zero attached hydrogens (tertiary/aromatic N) is 4. The Kier molecular flexibility index (Phi) is 5.97. The molecule has 96 valence electrons. The molecule has 0 amide bonds. The third-order valence-electron chi connectivity index (χ3n) is 1.98. The minimum Gasteiger partial charge on any atom is -0.409 e. The zero-order valence-electron chi connectivity index (χ0n) is 9.74. The molecule has 8 heteroatoms. The molecule has 0 unspecified atom stereocenters. The summed E-state index contributed by atoms with van der Waals surface area (Å²) >= 11 is 0. The van der Waals surface area contributed by atoms with Crippen molar-refractivity contribution >= 4 is 5.84 Å². The van der Waals surface area contributed by atoms with Gasteiger partial charge in [-0.05, 0) is 6.42 Å². The highest BCUT2D eigenvalue weighted by Crippen LogP contribution is 1.93. The van der Waals surface area contributed by atoms with Gasteiger partial charge in [-0.1, -0.05) is 5.16 Å². The van der Waals surface area contributed by atoms with E-state index < -0.39 is 0 Å². The molecule has 0 atom stereocenters. The van der Waals surface area contributed by atoms with Crippen LogP contribution in [-0.4, -0.2) is 52.7 Å². The van der Waals surface area contributed by atoms with E-state index >= 15 is 0 Å². The number of amidine groups is 1. The molecule has 0 fully saturated rings. The number of ether oxygens (including phenoxy) is 2. The first kappa shape index (κ1) is 13.4. The van der Waals surface area contributed by atoms with E-state index in [9.17, 15) is 0 Å². The molecule has 17 heavy (non-hydrogen) atoms. The Morgan fingerprint density at radius 3 is 3.06 bits per heavy atom. The van der Waals surface area contributed by atoms with Crippen LogP contribution in [0, 0.1) is 0 Å². The quantitative estimate of drug-likeness (QED) is 0.208. The number of nitrogens with two attached hydrogens (primary N) is 1. The lowest BCUT2D eigenvalue weighted by atomic mass is 10.4. The summed E-state index contributed by atoms with van der Waals surface area (Å²) in [5, 5.41) is 15.3. The summed E-state index contributed by atoms with van der Waals surface area (Å²) in [7, 11) is 1.63. The number of methoxy groups -OCH3 is 1. The second-order valence-electron chi connectivity index (χ2n) is 3.28. The zero-order chi connectivity index (χ0) is 12.5. The van der Waals surface area contributed by atoms with Crippen molar-refractivity contribution in [2.45, 2.75) is 13.0 Å². The van der Waals surface area contributed by atoms with Crippen molar-refractivity contribution < 1.29 is 14.7 Å². The SMILES string of the molecule is COCCOCCCn1cnc(C(N)=NO)n1. The topological polar surface area (TPSA) is 108 Å². The van der Waals surface area contributed by atoms with E-state index in [4.69, 9.17) is 20.4 Å². The highest BCUT2D eigenvalue weighted by Gasteiger charge is 2.05. The molecule has 0 saturated heterocycles. The fraction of sp³-hybridized carbons (Fsp3) is 0.667. The predicted molar refractivity (Wildman–Crippen MR) is 59.8 cm³/mol. The van der Waals surface area contributed by atoms with Crippen LogP contribution in [-0.2, 0) is 16.0 Å². The maximum absolute atomic E-state index is 8.44. The highest BCUT2D eigenvalue weighted by molar-refractivity contribution is 5.93. The summed E-state index contributed by atoms with van der Waals surface area (Å²) in [6.45, 7) is 2.47. The Bertz CT molecular complexity index is 352. The molecule has 1 heterocycles. The fourth-order valence-electron chi connectivity index (χ4n) is 1.14. The van der Waals surface area contributed by atoms with Gasteiger partial charge in [-0.2, -0.15) is 0 Å². The summed E-state index contributed by atoms with van der Waals surface area (Å²) in [5.41, 5.74) is 5.34. The van der Waals surface area contributed by atoms with Crippen LogP contribution in [0.4, 0.5) is 0 Å². The van der Waals surface area contributed by atoms with Gasteiger partial charge < -0.3 is 20.4 Å². The van der Waals surface area contributed by atoms with Crippen LogP contribution in [0.25, 0.3) is 0 Å². The third kappa shape index (κ3) is 4.79. The van der Waals surface area contributed by atoms with Crippen LogP contribution in [0.5, 0.6) is 0 Å². The number of oxime groups is 1. The molecule has 0 bridgehead atoms. The van der Waals surface area contributed by atoms with Crippen molar-refractivity contribution in [1.29, 1.82) is 0 Å². The van der Waals surface area contributed by atoms with Gasteiger partial charge in [-0.3, -0.25) is 4.68 Å². The Balaban J connectivity index is 2.21. The Morgan fingerprint density at radius 1 is 1.53 bits per heavy atom. The molecule has 0 aliphatic heterocycles. The molecular formula is C9H17N5O3. The van der Waals surface area contributed by atoms with Gasteiger partial charge in [-0.15, -0.1) is 5.10 Å². The van der Waals surface area contributed by atoms with Crippen LogP contribution in [0.1, 0.15) is 12.2 Å². The van der Waals surface area contributed by atoms with Gasteiger partial charge in [0.1, 0.15) is 6.33 Å². The van der Waals surface area contributed by atoms with Crippen LogP contribution >= 0.6 is 0 Å². The Morgan fingerprint density at radius 2 is 2.35 bits per heavy atom. The summed E-state index contributed by atoms with van der Waals surface area (Å²) in [4.78, 5) is 3.89. The second kappa shape index (κ2) is 7.58. The molecule has 1 rings (SSSR count). The number of aryl methyl sites for hydroxylation is 1. The number of rotatable bonds is 8. The van der Waals surface area contributed by atoms with Gasteiger partial charge in [0.2, 0.25) is 11.7 Å². The standard InChI is InChI=1S/C9H17N5O3/c1-16-5-6-17-4-2-3-14-7-11-9(12-14)8(10)13-15/h7,15H,2-6H2,1H3,(H2,10,13). The minimum atomic E-state index is -0.0971. The third-order valence-corrected chi connectivity index (χ3v) is 1.98. The number of hydrogen-bond acceptors (Lipinski definition) is 6. The fourth-order valence-corrected chi connectivity index (χ4v) is 1.14. The molecule has 0 aliphatic carbocycles. The highest BCUT2D eigenvalue weighted by atomic mass is 16.5. The van der Waals surface area contributed by atoms with Crippen molar-refractivity contribution in [3.63, 3.8) is 0 Å². The summed E-state index contributed by atoms with van der Waals surface area (Å²) in [6.07, 6.45) is 2.34. The van der Waals surface area contributed by atoms with Crippen LogP contribution < -0.4 is 5.73 Å². The summed E-state index contributed by atoms with van der Waals surface area (Å²) < 4.78 is 11.8. The molecule has 0 radical (unpaired) electrons. The maximum atomic E-state index is 8.44. The van der Waals surface area contributed by atoms with E-state index in [1.165, 1.54) is 6.33 Å². The molecule has 0 saturated carbocycles. The summed E-state index contributed by atoms with van der Waals surface area (Å²) in [5.74, 6) is 0.118. The Labute approximate surface area is 99.0 Å².